The molecular weight excluding hydrogens is 388 g/mol. The van der Waals surface area contributed by atoms with Crippen LogP contribution in [0.1, 0.15) is 34.1 Å². The summed E-state index contributed by atoms with van der Waals surface area (Å²) in [7, 11) is 0. The number of nitrogens with one attached hydrogen (secondary N) is 1. The maximum Gasteiger partial charge on any atom is 0.276 e. The first-order chi connectivity index (χ1) is 14.1. The lowest BCUT2D eigenvalue weighted by Crippen LogP contribution is -2.45. The van der Waals surface area contributed by atoms with E-state index in [1.807, 2.05) is 35.7 Å². The summed E-state index contributed by atoms with van der Waals surface area (Å²) in [6.07, 6.45) is 1.55. The first-order valence-corrected chi connectivity index (χ1v) is 10.5. The van der Waals surface area contributed by atoms with E-state index in [2.05, 4.69) is 15.5 Å². The van der Waals surface area contributed by atoms with Crippen LogP contribution in [0.15, 0.2) is 46.3 Å². The Kier molecular flexibility index (Phi) is 5.71. The van der Waals surface area contributed by atoms with E-state index in [-0.39, 0.29) is 17.7 Å². The van der Waals surface area contributed by atoms with Gasteiger partial charge in [-0.05, 0) is 19.8 Å². The van der Waals surface area contributed by atoms with Crippen molar-refractivity contribution in [2.75, 3.05) is 13.1 Å². The molecule has 1 aromatic carbocycles. The number of aryl methyl sites for hydroxylation is 1. The molecule has 0 saturated carbocycles. The average Bonchev–Trinajstić information content (AvgIpc) is 3.41. The number of carbonyl (C=O) groups is 2. The fourth-order valence-electron chi connectivity index (χ4n) is 3.45. The lowest BCUT2D eigenvalue weighted by molar-refractivity contribution is -0.126. The quantitative estimate of drug-likeness (QED) is 0.697. The summed E-state index contributed by atoms with van der Waals surface area (Å²) in [6, 6.07) is 11.6. The van der Waals surface area contributed by atoms with Crippen LogP contribution in [-0.4, -0.2) is 39.9 Å². The molecule has 0 aliphatic carbocycles. The van der Waals surface area contributed by atoms with Gasteiger partial charge >= 0.3 is 0 Å². The maximum atomic E-state index is 12.7. The lowest BCUT2D eigenvalue weighted by Gasteiger charge is -2.31. The van der Waals surface area contributed by atoms with Crippen LogP contribution in [0.4, 0.5) is 0 Å². The molecule has 4 rings (SSSR count). The SMILES string of the molecule is Cc1cc(C(=O)N2CCC[C@H](C(=O)NCc3nc(-c4ccccc4)cs3)C2)no1. The number of thiazole rings is 1. The number of rotatable bonds is 5. The fraction of sp³-hybridized carbons (Fsp3) is 0.333. The molecule has 1 atom stereocenters. The summed E-state index contributed by atoms with van der Waals surface area (Å²) in [4.78, 5) is 31.5. The highest BCUT2D eigenvalue weighted by atomic mass is 32.1. The van der Waals surface area contributed by atoms with Crippen molar-refractivity contribution < 1.29 is 14.1 Å². The average molecular weight is 410 g/mol. The predicted molar refractivity (Wildman–Crippen MR) is 109 cm³/mol. The summed E-state index contributed by atoms with van der Waals surface area (Å²) in [5.41, 5.74) is 2.27. The van der Waals surface area contributed by atoms with Gasteiger partial charge in [-0.25, -0.2) is 4.98 Å². The van der Waals surface area contributed by atoms with Gasteiger partial charge in [-0.15, -0.1) is 11.3 Å². The molecule has 1 saturated heterocycles. The maximum absolute atomic E-state index is 12.7. The monoisotopic (exact) mass is 410 g/mol. The van der Waals surface area contributed by atoms with E-state index in [1.165, 1.54) is 11.3 Å². The van der Waals surface area contributed by atoms with Crippen LogP contribution >= 0.6 is 11.3 Å². The largest absolute Gasteiger partial charge is 0.361 e. The van der Waals surface area contributed by atoms with Gasteiger partial charge in [-0.3, -0.25) is 9.59 Å². The zero-order chi connectivity index (χ0) is 20.2. The topological polar surface area (TPSA) is 88.3 Å². The second kappa shape index (κ2) is 8.57. The van der Waals surface area contributed by atoms with Gasteiger partial charge in [0.15, 0.2) is 5.69 Å². The van der Waals surface area contributed by atoms with Crippen LogP contribution in [0.3, 0.4) is 0 Å². The molecule has 150 valence electrons. The Labute approximate surface area is 172 Å². The summed E-state index contributed by atoms with van der Waals surface area (Å²) in [5.74, 6) is 0.134. The highest BCUT2D eigenvalue weighted by molar-refractivity contribution is 7.09. The molecule has 7 nitrogen and oxygen atoms in total. The first-order valence-electron chi connectivity index (χ1n) is 9.60. The van der Waals surface area contributed by atoms with Crippen molar-refractivity contribution >= 4 is 23.2 Å². The van der Waals surface area contributed by atoms with Crippen LogP contribution < -0.4 is 5.32 Å². The molecule has 0 unspecified atom stereocenters. The Balaban J connectivity index is 1.33. The van der Waals surface area contributed by atoms with E-state index in [1.54, 1.807) is 17.9 Å². The predicted octanol–water partition coefficient (Wildman–Crippen LogP) is 3.28. The van der Waals surface area contributed by atoms with Crippen molar-refractivity contribution in [2.45, 2.75) is 26.3 Å². The number of benzene rings is 1. The van der Waals surface area contributed by atoms with Gasteiger partial charge in [-0.2, -0.15) is 0 Å². The van der Waals surface area contributed by atoms with Gasteiger partial charge in [0.25, 0.3) is 5.91 Å². The van der Waals surface area contributed by atoms with Crippen LogP contribution in [0.5, 0.6) is 0 Å². The molecule has 2 aromatic heterocycles. The molecular formula is C21H22N4O3S. The minimum Gasteiger partial charge on any atom is -0.361 e. The number of aromatic nitrogens is 2. The Morgan fingerprint density at radius 2 is 2.14 bits per heavy atom. The van der Waals surface area contributed by atoms with E-state index in [0.29, 0.717) is 31.1 Å². The van der Waals surface area contributed by atoms with E-state index >= 15 is 0 Å². The number of hydrogen-bond acceptors (Lipinski definition) is 6. The standard InChI is InChI=1S/C21H22N4O3S/c1-14-10-17(24-28-14)21(27)25-9-5-8-16(12-25)20(26)22-11-19-23-18(13-29-19)15-6-3-2-4-7-15/h2-4,6-7,10,13,16H,5,8-9,11-12H2,1H3,(H,22,26)/t16-/m0/s1. The van der Waals surface area contributed by atoms with Crippen LogP contribution in [0.2, 0.25) is 0 Å². The van der Waals surface area contributed by atoms with Gasteiger partial charge in [0.2, 0.25) is 5.91 Å². The number of likely N-dealkylation sites (tertiary alicyclic amines) is 1. The third-order valence-corrected chi connectivity index (χ3v) is 5.81. The molecule has 3 heterocycles. The van der Waals surface area contributed by atoms with Gasteiger partial charge in [0.1, 0.15) is 10.8 Å². The summed E-state index contributed by atoms with van der Waals surface area (Å²) >= 11 is 1.53. The summed E-state index contributed by atoms with van der Waals surface area (Å²) < 4.78 is 4.99. The molecule has 1 N–H and O–H groups in total. The molecule has 0 radical (unpaired) electrons. The Hall–Kier alpha value is -3.00. The fourth-order valence-corrected chi connectivity index (χ4v) is 4.19. The first kappa shape index (κ1) is 19.3. The third-order valence-electron chi connectivity index (χ3n) is 4.96. The second-order valence-corrected chi connectivity index (χ2v) is 8.07. The van der Waals surface area contributed by atoms with E-state index in [4.69, 9.17) is 4.52 Å². The molecule has 2 amide bonds. The van der Waals surface area contributed by atoms with Crippen molar-refractivity contribution in [1.82, 2.24) is 20.4 Å². The summed E-state index contributed by atoms with van der Waals surface area (Å²) in [5, 5.41) is 9.62. The minimum absolute atomic E-state index is 0.0460. The molecule has 1 aliphatic rings. The van der Waals surface area contributed by atoms with Crippen molar-refractivity contribution in [1.29, 1.82) is 0 Å². The van der Waals surface area contributed by atoms with E-state index < -0.39 is 0 Å². The lowest BCUT2D eigenvalue weighted by atomic mass is 9.97. The van der Waals surface area contributed by atoms with Crippen molar-refractivity contribution in [3.05, 3.63) is 58.2 Å². The van der Waals surface area contributed by atoms with Gasteiger partial charge in [0.05, 0.1) is 18.2 Å². The second-order valence-electron chi connectivity index (χ2n) is 7.12. The van der Waals surface area contributed by atoms with Crippen LogP contribution in [-0.2, 0) is 11.3 Å². The summed E-state index contributed by atoms with van der Waals surface area (Å²) in [6.45, 7) is 3.16. The van der Waals surface area contributed by atoms with Crippen molar-refractivity contribution in [3.8, 4) is 11.3 Å². The number of hydrogen-bond donors (Lipinski definition) is 1. The molecule has 1 fully saturated rings. The van der Waals surface area contributed by atoms with Gasteiger partial charge in [0, 0.05) is 30.1 Å². The third kappa shape index (κ3) is 4.54. The highest BCUT2D eigenvalue weighted by Gasteiger charge is 2.30. The van der Waals surface area contributed by atoms with Crippen LogP contribution in [0, 0.1) is 12.8 Å². The Morgan fingerprint density at radius 3 is 2.90 bits per heavy atom. The Bertz CT molecular complexity index is 998. The molecule has 29 heavy (non-hydrogen) atoms. The zero-order valence-electron chi connectivity index (χ0n) is 16.1. The number of amides is 2. The number of carbonyl (C=O) groups excluding carboxylic acids is 2. The molecule has 0 bridgehead atoms. The number of piperidine rings is 1. The van der Waals surface area contributed by atoms with E-state index in [0.717, 1.165) is 29.1 Å². The molecule has 1 aliphatic heterocycles. The van der Waals surface area contributed by atoms with Gasteiger partial charge < -0.3 is 14.7 Å². The molecule has 0 spiro atoms. The van der Waals surface area contributed by atoms with Crippen molar-refractivity contribution in [3.63, 3.8) is 0 Å². The normalized spacial score (nSPS) is 16.6. The van der Waals surface area contributed by atoms with Crippen LogP contribution in [0.25, 0.3) is 11.3 Å². The highest BCUT2D eigenvalue weighted by Crippen LogP contribution is 2.22. The number of nitrogens with zero attached hydrogens (tertiary/aromatic N) is 3. The molecule has 8 heteroatoms. The molecule has 3 aromatic rings. The Morgan fingerprint density at radius 1 is 1.31 bits per heavy atom. The van der Waals surface area contributed by atoms with Gasteiger partial charge in [-0.1, -0.05) is 35.5 Å². The minimum atomic E-state index is -0.228. The van der Waals surface area contributed by atoms with Crippen molar-refractivity contribution in [2.24, 2.45) is 5.92 Å². The van der Waals surface area contributed by atoms with E-state index in [9.17, 15) is 9.59 Å². The zero-order valence-corrected chi connectivity index (χ0v) is 16.9. The smallest absolute Gasteiger partial charge is 0.276 e.